The molecule has 0 atom stereocenters. The van der Waals surface area contributed by atoms with Gasteiger partial charge in [-0.25, -0.2) is 4.98 Å². The maximum absolute atomic E-state index is 5.65. The maximum atomic E-state index is 5.65. The lowest BCUT2D eigenvalue weighted by Gasteiger charge is -2.34. The smallest absolute Gasteiger partial charge is 0.160 e. The number of piperidine rings is 1. The number of anilines is 2. The Hall–Kier alpha value is -1.33. The molecule has 5 heteroatoms. The van der Waals surface area contributed by atoms with Crippen LogP contribution in [0.25, 0.3) is 0 Å². The second kappa shape index (κ2) is 5.12. The molecule has 0 aromatic carbocycles. The molecular weight excluding hydrogens is 230 g/mol. The summed E-state index contributed by atoms with van der Waals surface area (Å²) in [5.74, 6) is 1.54. The van der Waals surface area contributed by atoms with Crippen LogP contribution in [0.4, 0.5) is 11.5 Å². The molecule has 0 spiro atoms. The van der Waals surface area contributed by atoms with Gasteiger partial charge in [0.1, 0.15) is 5.82 Å². The molecule has 0 saturated carbocycles. The fourth-order valence-corrected chi connectivity index (χ4v) is 2.63. The highest BCUT2D eigenvalue weighted by atomic mass is 16.7. The van der Waals surface area contributed by atoms with Gasteiger partial charge in [0, 0.05) is 19.0 Å². The Kier molecular flexibility index (Phi) is 3.34. The van der Waals surface area contributed by atoms with Crippen LogP contribution >= 0.6 is 0 Å². The summed E-state index contributed by atoms with van der Waals surface area (Å²) in [7, 11) is 0. The van der Waals surface area contributed by atoms with E-state index in [0.29, 0.717) is 11.6 Å². The molecule has 1 aromatic heterocycles. The lowest BCUT2D eigenvalue weighted by molar-refractivity contribution is -0.0889. The van der Waals surface area contributed by atoms with Crippen LogP contribution in [0.15, 0.2) is 18.3 Å². The molecule has 0 unspecified atom stereocenters. The molecule has 0 amide bonds. The monoisotopic (exact) mass is 249 g/mol. The Morgan fingerprint density at radius 2 is 1.89 bits per heavy atom. The summed E-state index contributed by atoms with van der Waals surface area (Å²) in [6, 6.07) is 3.88. The van der Waals surface area contributed by atoms with E-state index >= 15 is 0 Å². The van der Waals surface area contributed by atoms with Crippen LogP contribution in [-0.2, 0) is 9.47 Å². The first-order chi connectivity index (χ1) is 8.83. The summed E-state index contributed by atoms with van der Waals surface area (Å²) in [6.07, 6.45) is 3.92. The summed E-state index contributed by atoms with van der Waals surface area (Å²) < 4.78 is 11.2. The van der Waals surface area contributed by atoms with Gasteiger partial charge >= 0.3 is 0 Å². The molecule has 0 aliphatic carbocycles. The summed E-state index contributed by atoms with van der Waals surface area (Å²) in [5, 5.41) is 0. The van der Waals surface area contributed by atoms with Crippen LogP contribution in [0.3, 0.4) is 0 Å². The number of ether oxygens (including phenoxy) is 2. The van der Waals surface area contributed by atoms with Crippen molar-refractivity contribution < 1.29 is 9.47 Å². The minimum atomic E-state index is 0.0199. The molecule has 3 rings (SSSR count). The Morgan fingerprint density at radius 3 is 2.50 bits per heavy atom. The van der Waals surface area contributed by atoms with Crippen molar-refractivity contribution in [3.63, 3.8) is 0 Å². The average Bonchev–Trinajstić information content (AvgIpc) is 2.94. The molecule has 2 N–H and O–H groups in total. The first kappa shape index (κ1) is 11.7. The second-order valence-corrected chi connectivity index (χ2v) is 4.88. The molecule has 1 aromatic rings. The van der Waals surface area contributed by atoms with Crippen LogP contribution in [-0.4, -0.2) is 37.6 Å². The van der Waals surface area contributed by atoms with Gasteiger partial charge < -0.3 is 20.1 Å². The molecular formula is C13H19N3O2. The molecule has 18 heavy (non-hydrogen) atoms. The average molecular weight is 249 g/mol. The van der Waals surface area contributed by atoms with Gasteiger partial charge in [-0.2, -0.15) is 0 Å². The van der Waals surface area contributed by atoms with Gasteiger partial charge in [0.15, 0.2) is 6.29 Å². The van der Waals surface area contributed by atoms with Gasteiger partial charge in [0.25, 0.3) is 0 Å². The Morgan fingerprint density at radius 1 is 1.17 bits per heavy atom. The number of nitrogen functional groups attached to an aromatic ring is 1. The number of nitrogens with zero attached hydrogens (tertiary/aromatic N) is 2. The first-order valence-electron chi connectivity index (χ1n) is 6.52. The highest BCUT2D eigenvalue weighted by molar-refractivity contribution is 5.45. The predicted octanol–water partition coefficient (Wildman–Crippen LogP) is 1.25. The van der Waals surface area contributed by atoms with Crippen LogP contribution in [0.5, 0.6) is 0 Å². The zero-order valence-electron chi connectivity index (χ0n) is 10.4. The van der Waals surface area contributed by atoms with Crippen molar-refractivity contribution in [2.45, 2.75) is 19.1 Å². The van der Waals surface area contributed by atoms with Crippen molar-refractivity contribution in [1.29, 1.82) is 0 Å². The summed E-state index contributed by atoms with van der Waals surface area (Å²) in [6.45, 7) is 3.49. The highest BCUT2D eigenvalue weighted by Gasteiger charge is 2.30. The third-order valence-electron chi connectivity index (χ3n) is 3.67. The van der Waals surface area contributed by atoms with E-state index < -0.39 is 0 Å². The van der Waals surface area contributed by atoms with Gasteiger partial charge in [-0.05, 0) is 25.0 Å². The van der Waals surface area contributed by atoms with E-state index in [2.05, 4.69) is 9.88 Å². The number of nitrogens with two attached hydrogens (primary N) is 1. The normalized spacial score (nSPS) is 22.6. The van der Waals surface area contributed by atoms with E-state index in [1.54, 1.807) is 6.20 Å². The first-order valence-corrected chi connectivity index (χ1v) is 6.52. The predicted molar refractivity (Wildman–Crippen MR) is 69.3 cm³/mol. The van der Waals surface area contributed by atoms with E-state index in [9.17, 15) is 0 Å². The lowest BCUT2D eigenvalue weighted by atomic mass is 9.96. The van der Waals surface area contributed by atoms with Crippen LogP contribution in [0, 0.1) is 5.92 Å². The van der Waals surface area contributed by atoms with Crippen molar-refractivity contribution >= 4 is 11.5 Å². The van der Waals surface area contributed by atoms with Crippen LogP contribution in [0.2, 0.25) is 0 Å². The van der Waals surface area contributed by atoms with E-state index in [4.69, 9.17) is 15.2 Å². The number of hydrogen-bond donors (Lipinski definition) is 1. The van der Waals surface area contributed by atoms with Crippen molar-refractivity contribution in [3.05, 3.63) is 18.3 Å². The third-order valence-corrected chi connectivity index (χ3v) is 3.67. The number of aromatic nitrogens is 1. The summed E-state index contributed by atoms with van der Waals surface area (Å²) >= 11 is 0. The SMILES string of the molecule is Nc1ccc(N2CCC(C3OCCO3)CC2)nc1. The van der Waals surface area contributed by atoms with Gasteiger partial charge in [-0.3, -0.25) is 0 Å². The highest BCUT2D eigenvalue weighted by Crippen LogP contribution is 2.27. The number of rotatable bonds is 2. The van der Waals surface area contributed by atoms with Crippen LogP contribution < -0.4 is 10.6 Å². The zero-order chi connectivity index (χ0) is 12.4. The van der Waals surface area contributed by atoms with Gasteiger partial charge in [-0.15, -0.1) is 0 Å². The van der Waals surface area contributed by atoms with E-state index in [-0.39, 0.29) is 6.29 Å². The second-order valence-electron chi connectivity index (χ2n) is 4.88. The molecule has 3 heterocycles. The molecule has 2 saturated heterocycles. The maximum Gasteiger partial charge on any atom is 0.160 e. The summed E-state index contributed by atoms with van der Waals surface area (Å²) in [5.41, 5.74) is 6.36. The zero-order valence-corrected chi connectivity index (χ0v) is 10.4. The minimum Gasteiger partial charge on any atom is -0.397 e. The third kappa shape index (κ3) is 2.42. The minimum absolute atomic E-state index is 0.0199. The Bertz CT molecular complexity index is 382. The van der Waals surface area contributed by atoms with E-state index in [0.717, 1.165) is 45.0 Å². The summed E-state index contributed by atoms with van der Waals surface area (Å²) in [4.78, 5) is 6.66. The quantitative estimate of drug-likeness (QED) is 0.855. The topological polar surface area (TPSA) is 60.6 Å². The number of hydrogen-bond acceptors (Lipinski definition) is 5. The molecule has 98 valence electrons. The molecule has 2 aliphatic rings. The largest absolute Gasteiger partial charge is 0.397 e. The van der Waals surface area contributed by atoms with Crippen molar-refractivity contribution in [2.24, 2.45) is 5.92 Å². The van der Waals surface area contributed by atoms with Crippen molar-refractivity contribution in [1.82, 2.24) is 4.98 Å². The van der Waals surface area contributed by atoms with Crippen LogP contribution in [0.1, 0.15) is 12.8 Å². The Balaban J connectivity index is 1.57. The van der Waals surface area contributed by atoms with Gasteiger partial charge in [-0.1, -0.05) is 0 Å². The fraction of sp³-hybridized carbons (Fsp3) is 0.615. The lowest BCUT2D eigenvalue weighted by Crippen LogP contribution is -2.38. The van der Waals surface area contributed by atoms with Gasteiger partial charge in [0.05, 0.1) is 25.1 Å². The Labute approximate surface area is 107 Å². The molecule has 5 nitrogen and oxygen atoms in total. The van der Waals surface area contributed by atoms with E-state index in [1.165, 1.54) is 0 Å². The molecule has 0 bridgehead atoms. The fourth-order valence-electron chi connectivity index (χ4n) is 2.63. The molecule has 0 radical (unpaired) electrons. The molecule has 2 fully saturated rings. The standard InChI is InChI=1S/C13H19N3O2/c14-11-1-2-12(15-9-11)16-5-3-10(4-6-16)13-17-7-8-18-13/h1-2,9-10,13H,3-8,14H2. The van der Waals surface area contributed by atoms with Gasteiger partial charge in [0.2, 0.25) is 0 Å². The number of pyridine rings is 1. The van der Waals surface area contributed by atoms with Crippen molar-refractivity contribution in [3.8, 4) is 0 Å². The molecule has 2 aliphatic heterocycles. The van der Waals surface area contributed by atoms with E-state index in [1.807, 2.05) is 12.1 Å². The van der Waals surface area contributed by atoms with Crippen molar-refractivity contribution in [2.75, 3.05) is 36.9 Å².